The number of rotatable bonds is 1. The van der Waals surface area contributed by atoms with E-state index in [1.54, 1.807) is 6.07 Å². The van der Waals surface area contributed by atoms with Gasteiger partial charge in [0.25, 0.3) is 0 Å². The molecule has 0 aliphatic heterocycles. The summed E-state index contributed by atoms with van der Waals surface area (Å²) in [5, 5.41) is 3.31. The summed E-state index contributed by atoms with van der Waals surface area (Å²) in [6.45, 7) is 1.24. The van der Waals surface area contributed by atoms with E-state index in [9.17, 15) is 18.0 Å². The molecule has 0 aliphatic carbocycles. The Kier molecular flexibility index (Phi) is 2.45. The van der Waals surface area contributed by atoms with E-state index < -0.39 is 17.7 Å². The van der Waals surface area contributed by atoms with Gasteiger partial charge in [0.05, 0.1) is 5.52 Å². The smallest absolute Gasteiger partial charge is 0.294 e. The Morgan fingerprint density at radius 2 is 2.00 bits per heavy atom. The molecule has 0 saturated heterocycles. The van der Waals surface area contributed by atoms with E-state index in [4.69, 9.17) is 0 Å². The van der Waals surface area contributed by atoms with E-state index in [-0.39, 0.29) is 10.9 Å². The molecule has 0 amide bonds. The van der Waals surface area contributed by atoms with Crippen molar-refractivity contribution in [3.05, 3.63) is 29.5 Å². The van der Waals surface area contributed by atoms with Crippen LogP contribution in [0.15, 0.2) is 18.2 Å². The maximum atomic E-state index is 12.8. The van der Waals surface area contributed by atoms with E-state index >= 15 is 0 Å². The molecule has 0 spiro atoms. The molecule has 0 saturated carbocycles. The fraction of sp³-hybridized carbons (Fsp3) is 0.273. The van der Waals surface area contributed by atoms with Crippen molar-refractivity contribution >= 4 is 16.7 Å². The third kappa shape index (κ3) is 1.79. The molecule has 6 heteroatoms. The number of alkyl halides is 3. The number of ketones is 1. The maximum absolute atomic E-state index is 12.8. The van der Waals surface area contributed by atoms with E-state index in [2.05, 4.69) is 5.10 Å². The van der Waals surface area contributed by atoms with Crippen LogP contribution in [0.2, 0.25) is 0 Å². The van der Waals surface area contributed by atoms with Crippen molar-refractivity contribution in [3.63, 3.8) is 0 Å². The average Bonchev–Trinajstić information content (AvgIpc) is 2.56. The van der Waals surface area contributed by atoms with Gasteiger partial charge < -0.3 is 0 Å². The molecule has 2 aromatic rings. The van der Waals surface area contributed by atoms with Gasteiger partial charge in [-0.3, -0.25) is 9.48 Å². The molecule has 90 valence electrons. The summed E-state index contributed by atoms with van der Waals surface area (Å²) in [6.07, 6.45) is -4.56. The third-order valence-corrected chi connectivity index (χ3v) is 2.53. The number of carbonyl (C=O) groups is 1. The number of hydrogen-bond donors (Lipinski definition) is 0. The van der Waals surface area contributed by atoms with Crippen LogP contribution in [0.4, 0.5) is 13.2 Å². The Morgan fingerprint density at radius 3 is 2.53 bits per heavy atom. The summed E-state index contributed by atoms with van der Waals surface area (Å²) in [5.74, 6) is -0.408. The molecule has 0 unspecified atom stereocenters. The van der Waals surface area contributed by atoms with Crippen molar-refractivity contribution in [1.82, 2.24) is 9.78 Å². The van der Waals surface area contributed by atoms with Gasteiger partial charge in [0.2, 0.25) is 0 Å². The lowest BCUT2D eigenvalue weighted by Gasteiger charge is -2.04. The standard InChI is InChI=1S/C11H9F3N2O/c1-6(17)7-4-3-5-8-9(7)10(11(12,13)14)15-16(8)2/h3-5H,1-2H3. The first-order valence-electron chi connectivity index (χ1n) is 4.86. The summed E-state index contributed by atoms with van der Waals surface area (Å²) < 4.78 is 39.5. The number of benzene rings is 1. The van der Waals surface area contributed by atoms with Crippen molar-refractivity contribution in [2.75, 3.05) is 0 Å². The van der Waals surface area contributed by atoms with E-state index in [0.29, 0.717) is 5.52 Å². The van der Waals surface area contributed by atoms with E-state index in [0.717, 1.165) is 4.68 Å². The average molecular weight is 242 g/mol. The lowest BCUT2D eigenvalue weighted by Crippen LogP contribution is -2.08. The second-order valence-corrected chi connectivity index (χ2v) is 3.73. The van der Waals surface area contributed by atoms with Crippen LogP contribution >= 0.6 is 0 Å². The number of hydrogen-bond acceptors (Lipinski definition) is 2. The van der Waals surface area contributed by atoms with Crippen molar-refractivity contribution < 1.29 is 18.0 Å². The van der Waals surface area contributed by atoms with Crippen molar-refractivity contribution in [3.8, 4) is 0 Å². The summed E-state index contributed by atoms with van der Waals surface area (Å²) in [4.78, 5) is 11.3. The summed E-state index contributed by atoms with van der Waals surface area (Å²) in [7, 11) is 1.42. The number of halogens is 3. The molecule has 1 aromatic carbocycles. The maximum Gasteiger partial charge on any atom is 0.435 e. The monoisotopic (exact) mass is 242 g/mol. The molecule has 17 heavy (non-hydrogen) atoms. The van der Waals surface area contributed by atoms with Gasteiger partial charge in [-0.15, -0.1) is 0 Å². The zero-order chi connectivity index (χ0) is 12.8. The minimum atomic E-state index is -4.56. The van der Waals surface area contributed by atoms with Crippen LogP contribution in [0, 0.1) is 0 Å². The molecule has 0 atom stereocenters. The van der Waals surface area contributed by atoms with Crippen LogP contribution in [0.25, 0.3) is 10.9 Å². The first-order chi connectivity index (χ1) is 7.82. The van der Waals surface area contributed by atoms with E-state index in [1.807, 2.05) is 0 Å². The van der Waals surface area contributed by atoms with Crippen LogP contribution in [-0.4, -0.2) is 15.6 Å². The van der Waals surface area contributed by atoms with Gasteiger partial charge >= 0.3 is 6.18 Å². The van der Waals surface area contributed by atoms with Gasteiger partial charge in [-0.1, -0.05) is 12.1 Å². The van der Waals surface area contributed by atoms with Crippen molar-refractivity contribution in [2.45, 2.75) is 13.1 Å². The Hall–Kier alpha value is -1.85. The van der Waals surface area contributed by atoms with Crippen LogP contribution < -0.4 is 0 Å². The quantitative estimate of drug-likeness (QED) is 0.721. The fourth-order valence-corrected chi connectivity index (χ4v) is 1.80. The normalized spacial score (nSPS) is 12.1. The SMILES string of the molecule is CC(=O)c1cccc2c1c(C(F)(F)F)nn2C. The Morgan fingerprint density at radius 1 is 1.35 bits per heavy atom. The highest BCUT2D eigenvalue weighted by atomic mass is 19.4. The van der Waals surface area contributed by atoms with Crippen LogP contribution in [0.3, 0.4) is 0 Å². The second kappa shape index (κ2) is 3.58. The lowest BCUT2D eigenvalue weighted by atomic mass is 10.0. The molecule has 0 fully saturated rings. The summed E-state index contributed by atoms with van der Waals surface area (Å²) >= 11 is 0. The van der Waals surface area contributed by atoms with Gasteiger partial charge in [0.15, 0.2) is 11.5 Å². The predicted molar refractivity (Wildman–Crippen MR) is 55.7 cm³/mol. The predicted octanol–water partition coefficient (Wildman–Crippen LogP) is 2.79. The van der Waals surface area contributed by atoms with Crippen molar-refractivity contribution in [2.24, 2.45) is 7.05 Å². The van der Waals surface area contributed by atoms with E-state index in [1.165, 1.54) is 26.1 Å². The zero-order valence-electron chi connectivity index (χ0n) is 9.17. The van der Waals surface area contributed by atoms with Crippen LogP contribution in [-0.2, 0) is 13.2 Å². The molecule has 1 heterocycles. The number of nitrogens with zero attached hydrogens (tertiary/aromatic N) is 2. The first-order valence-corrected chi connectivity index (χ1v) is 4.86. The number of aryl methyl sites for hydroxylation is 1. The zero-order valence-corrected chi connectivity index (χ0v) is 9.17. The number of fused-ring (bicyclic) bond motifs is 1. The molecule has 0 radical (unpaired) electrons. The molecule has 3 nitrogen and oxygen atoms in total. The molecule has 0 N–H and O–H groups in total. The topological polar surface area (TPSA) is 34.9 Å². The van der Waals surface area contributed by atoms with Gasteiger partial charge in [0, 0.05) is 18.0 Å². The van der Waals surface area contributed by atoms with Crippen LogP contribution in [0.5, 0.6) is 0 Å². The number of carbonyl (C=O) groups excluding carboxylic acids is 1. The van der Waals surface area contributed by atoms with Crippen molar-refractivity contribution in [1.29, 1.82) is 0 Å². The largest absolute Gasteiger partial charge is 0.435 e. The Bertz CT molecular complexity index is 599. The van der Waals surface area contributed by atoms with Crippen LogP contribution in [0.1, 0.15) is 23.0 Å². The molecule has 0 aliphatic rings. The molecular weight excluding hydrogens is 233 g/mol. The Labute approximate surface area is 94.8 Å². The van der Waals surface area contributed by atoms with Gasteiger partial charge in [-0.25, -0.2) is 0 Å². The first kappa shape index (κ1) is 11.6. The fourth-order valence-electron chi connectivity index (χ4n) is 1.80. The number of aromatic nitrogens is 2. The molecule has 0 bridgehead atoms. The summed E-state index contributed by atoms with van der Waals surface area (Å²) in [6, 6.07) is 4.42. The summed E-state index contributed by atoms with van der Waals surface area (Å²) in [5.41, 5.74) is -0.672. The number of Topliss-reactive ketones (excluding diaryl/α,β-unsaturated/α-hetero) is 1. The second-order valence-electron chi connectivity index (χ2n) is 3.73. The van der Waals surface area contributed by atoms with Gasteiger partial charge in [-0.05, 0) is 13.0 Å². The minimum absolute atomic E-state index is 0.0444. The third-order valence-electron chi connectivity index (χ3n) is 2.53. The highest BCUT2D eigenvalue weighted by Gasteiger charge is 2.37. The van der Waals surface area contributed by atoms with Gasteiger partial charge in [-0.2, -0.15) is 18.3 Å². The minimum Gasteiger partial charge on any atom is -0.294 e. The molecular formula is C11H9F3N2O. The highest BCUT2D eigenvalue weighted by molar-refractivity contribution is 6.07. The molecule has 2 rings (SSSR count). The lowest BCUT2D eigenvalue weighted by molar-refractivity contribution is -0.140. The highest BCUT2D eigenvalue weighted by Crippen LogP contribution is 2.35. The molecule has 1 aromatic heterocycles. The Balaban J connectivity index is 2.91. The van der Waals surface area contributed by atoms with Gasteiger partial charge in [0.1, 0.15) is 0 Å².